The van der Waals surface area contributed by atoms with Gasteiger partial charge in [0.15, 0.2) is 0 Å². The normalized spacial score (nSPS) is 20.4. The zero-order chi connectivity index (χ0) is 21.3. The van der Waals surface area contributed by atoms with E-state index < -0.39 is 10.8 Å². The van der Waals surface area contributed by atoms with Crippen LogP contribution in [0.15, 0.2) is 29.2 Å². The third-order valence-electron chi connectivity index (χ3n) is 6.16. The van der Waals surface area contributed by atoms with Crippen LogP contribution < -0.4 is 16.0 Å². The van der Waals surface area contributed by atoms with Crippen LogP contribution in [0.3, 0.4) is 0 Å². The number of nitrogens with one attached hydrogen (secondary N) is 1. The lowest BCUT2D eigenvalue weighted by Gasteiger charge is -2.33. The van der Waals surface area contributed by atoms with E-state index in [1.54, 1.807) is 0 Å². The molecule has 30 heavy (non-hydrogen) atoms. The molecule has 7 nitrogen and oxygen atoms in total. The third-order valence-corrected chi connectivity index (χ3v) is 7.62. The van der Waals surface area contributed by atoms with Crippen LogP contribution in [0.5, 0.6) is 0 Å². The average molecular weight is 430 g/mol. The van der Waals surface area contributed by atoms with E-state index in [0.29, 0.717) is 34.8 Å². The van der Waals surface area contributed by atoms with Crippen LogP contribution in [0.1, 0.15) is 43.9 Å². The Labute approximate surface area is 180 Å². The number of nitrogens with two attached hydrogens (primary N) is 1. The van der Waals surface area contributed by atoms with Crippen LogP contribution in [-0.4, -0.2) is 50.8 Å². The Bertz CT molecular complexity index is 928. The van der Waals surface area contributed by atoms with Gasteiger partial charge in [0.05, 0.1) is 29.1 Å². The summed E-state index contributed by atoms with van der Waals surface area (Å²) >= 11 is 0. The molecule has 1 aromatic carbocycles. The number of nitrogen functional groups attached to an aromatic ring is 1. The van der Waals surface area contributed by atoms with Gasteiger partial charge < -0.3 is 21.1 Å². The first-order valence-corrected chi connectivity index (χ1v) is 12.0. The summed E-state index contributed by atoms with van der Waals surface area (Å²) in [5, 5.41) is 13.1. The standard InChI is InChI=1S/C22H31N5O2S/c1-14(2)19(13-28)24-21-20-18(8-11-30(20)29)25-22(26-21)27-9-6-15(7-10-27)16-4-3-5-17(23)12-16/h3-5,12,14-15,19,28H,6-11,13,23H2,1-2H3,(H,24,25,26)/t19-,30?/m0/s1. The van der Waals surface area contributed by atoms with E-state index in [9.17, 15) is 9.32 Å². The molecule has 1 aromatic heterocycles. The first kappa shape index (κ1) is 21.1. The summed E-state index contributed by atoms with van der Waals surface area (Å²) in [5.41, 5.74) is 8.94. The lowest BCUT2D eigenvalue weighted by molar-refractivity contribution is 0.249. The van der Waals surface area contributed by atoms with Gasteiger partial charge in [0, 0.05) is 31.0 Å². The molecule has 0 spiro atoms. The molecule has 2 aromatic rings. The molecule has 0 radical (unpaired) electrons. The van der Waals surface area contributed by atoms with E-state index >= 15 is 0 Å². The first-order valence-electron chi connectivity index (χ1n) is 10.7. The van der Waals surface area contributed by atoms with Crippen LogP contribution in [0, 0.1) is 5.92 Å². The number of aromatic nitrogens is 2. The van der Waals surface area contributed by atoms with Crippen LogP contribution in [0.2, 0.25) is 0 Å². The van der Waals surface area contributed by atoms with E-state index in [2.05, 4.69) is 22.3 Å². The molecule has 8 heteroatoms. The third kappa shape index (κ3) is 4.30. The van der Waals surface area contributed by atoms with Crippen molar-refractivity contribution in [2.75, 3.05) is 41.4 Å². The fourth-order valence-corrected chi connectivity index (χ4v) is 5.56. The number of aliphatic hydroxyl groups excluding tert-OH is 1. The molecule has 2 aliphatic rings. The molecule has 0 amide bonds. The fourth-order valence-electron chi connectivity index (χ4n) is 4.25. The summed E-state index contributed by atoms with van der Waals surface area (Å²) in [6, 6.07) is 8.03. The van der Waals surface area contributed by atoms with E-state index in [1.807, 2.05) is 26.0 Å². The predicted octanol–water partition coefficient (Wildman–Crippen LogP) is 2.54. The second-order valence-electron chi connectivity index (χ2n) is 8.56. The monoisotopic (exact) mass is 429 g/mol. The lowest BCUT2D eigenvalue weighted by atomic mass is 9.89. The summed E-state index contributed by atoms with van der Waals surface area (Å²) in [7, 11) is -1.09. The minimum Gasteiger partial charge on any atom is -0.399 e. The molecule has 0 saturated carbocycles. The number of anilines is 3. The molecule has 4 rings (SSSR count). The molecule has 4 N–H and O–H groups in total. The summed E-state index contributed by atoms with van der Waals surface area (Å²) in [4.78, 5) is 12.5. The Kier molecular flexibility index (Phi) is 6.24. The number of rotatable bonds is 6. The van der Waals surface area contributed by atoms with Gasteiger partial charge in [-0.05, 0) is 42.4 Å². The molecule has 2 aliphatic heterocycles. The van der Waals surface area contributed by atoms with Gasteiger partial charge >= 0.3 is 0 Å². The van der Waals surface area contributed by atoms with Crippen LogP contribution in [0.4, 0.5) is 17.5 Å². The summed E-state index contributed by atoms with van der Waals surface area (Å²) in [5.74, 6) is 2.63. The number of nitrogens with zero attached hydrogens (tertiary/aromatic N) is 3. The van der Waals surface area contributed by atoms with Crippen molar-refractivity contribution < 1.29 is 9.32 Å². The molecule has 1 fully saturated rings. The largest absolute Gasteiger partial charge is 0.399 e. The lowest BCUT2D eigenvalue weighted by Crippen LogP contribution is -2.35. The second kappa shape index (κ2) is 8.89. The van der Waals surface area contributed by atoms with Gasteiger partial charge in [-0.15, -0.1) is 0 Å². The van der Waals surface area contributed by atoms with E-state index in [-0.39, 0.29) is 18.6 Å². The topological polar surface area (TPSA) is 104 Å². The van der Waals surface area contributed by atoms with Crippen molar-refractivity contribution in [3.05, 3.63) is 35.5 Å². The van der Waals surface area contributed by atoms with Crippen molar-refractivity contribution in [2.45, 2.75) is 50.0 Å². The Balaban J connectivity index is 1.55. The van der Waals surface area contributed by atoms with Crippen molar-refractivity contribution in [1.29, 1.82) is 0 Å². The average Bonchev–Trinajstić information content (AvgIpc) is 3.12. The smallest absolute Gasteiger partial charge is 0.227 e. The summed E-state index contributed by atoms with van der Waals surface area (Å²) in [6.45, 7) is 5.84. The van der Waals surface area contributed by atoms with Gasteiger partial charge in [0.2, 0.25) is 5.95 Å². The minimum atomic E-state index is -1.09. The van der Waals surface area contributed by atoms with Crippen LogP contribution >= 0.6 is 0 Å². The van der Waals surface area contributed by atoms with Gasteiger partial charge in [-0.2, -0.15) is 4.98 Å². The number of hydrogen-bond acceptors (Lipinski definition) is 7. The molecule has 0 bridgehead atoms. The van der Waals surface area contributed by atoms with E-state index in [0.717, 1.165) is 37.3 Å². The number of hydrogen-bond donors (Lipinski definition) is 3. The maximum Gasteiger partial charge on any atom is 0.227 e. The molecule has 0 aliphatic carbocycles. The number of piperidine rings is 1. The van der Waals surface area contributed by atoms with Crippen molar-refractivity contribution in [3.63, 3.8) is 0 Å². The SMILES string of the molecule is CC(C)[C@H](CO)Nc1nc(N2CCC(c3cccc(N)c3)CC2)nc2c1S(=O)CC2. The molecule has 3 heterocycles. The van der Waals surface area contributed by atoms with Crippen molar-refractivity contribution in [3.8, 4) is 0 Å². The van der Waals surface area contributed by atoms with Gasteiger partial charge in [0.25, 0.3) is 0 Å². The van der Waals surface area contributed by atoms with Gasteiger partial charge in [-0.25, -0.2) is 4.98 Å². The van der Waals surface area contributed by atoms with Crippen molar-refractivity contribution in [2.24, 2.45) is 5.92 Å². The quantitative estimate of drug-likeness (QED) is 0.606. The molecule has 162 valence electrons. The van der Waals surface area contributed by atoms with E-state index in [1.165, 1.54) is 5.56 Å². The molecular weight excluding hydrogens is 398 g/mol. The minimum absolute atomic E-state index is 0.00398. The Morgan fingerprint density at radius 1 is 1.30 bits per heavy atom. The zero-order valence-electron chi connectivity index (χ0n) is 17.7. The van der Waals surface area contributed by atoms with Gasteiger partial charge in [0.1, 0.15) is 10.7 Å². The second-order valence-corrected chi connectivity index (χ2v) is 10.1. The highest BCUT2D eigenvalue weighted by Crippen LogP contribution is 2.34. The van der Waals surface area contributed by atoms with Crippen molar-refractivity contribution >= 4 is 28.3 Å². The maximum absolute atomic E-state index is 12.5. The highest BCUT2D eigenvalue weighted by atomic mass is 32.2. The molecular formula is C22H31N5O2S. The Morgan fingerprint density at radius 3 is 2.73 bits per heavy atom. The number of aliphatic hydroxyl groups is 1. The highest BCUT2D eigenvalue weighted by molar-refractivity contribution is 7.85. The van der Waals surface area contributed by atoms with Crippen molar-refractivity contribution in [1.82, 2.24) is 9.97 Å². The summed E-state index contributed by atoms with van der Waals surface area (Å²) in [6.07, 6.45) is 2.74. The number of aryl methyl sites for hydroxylation is 1. The molecule has 1 saturated heterocycles. The number of fused-ring (bicyclic) bond motifs is 1. The fraction of sp³-hybridized carbons (Fsp3) is 0.545. The van der Waals surface area contributed by atoms with Crippen LogP contribution in [-0.2, 0) is 17.2 Å². The number of benzene rings is 1. The highest BCUT2D eigenvalue weighted by Gasteiger charge is 2.30. The zero-order valence-corrected chi connectivity index (χ0v) is 18.5. The summed E-state index contributed by atoms with van der Waals surface area (Å²) < 4.78 is 12.5. The van der Waals surface area contributed by atoms with Gasteiger partial charge in [-0.3, -0.25) is 4.21 Å². The Hall–Kier alpha value is -2.19. The molecule has 2 atom stereocenters. The molecule has 1 unspecified atom stereocenters. The van der Waals surface area contributed by atoms with E-state index in [4.69, 9.17) is 15.7 Å². The van der Waals surface area contributed by atoms with Gasteiger partial charge in [-0.1, -0.05) is 26.0 Å². The predicted molar refractivity (Wildman–Crippen MR) is 121 cm³/mol. The maximum atomic E-state index is 12.5. The first-order chi connectivity index (χ1) is 14.5. The Morgan fingerprint density at radius 2 is 2.07 bits per heavy atom. The van der Waals surface area contributed by atoms with Crippen LogP contribution in [0.25, 0.3) is 0 Å².